The second-order valence-electron chi connectivity index (χ2n) is 4.54. The monoisotopic (exact) mass is 278 g/mol. The van der Waals surface area contributed by atoms with Gasteiger partial charge in [-0.15, -0.1) is 0 Å². The smallest absolute Gasteiger partial charge is 0.306 e. The Morgan fingerprint density at radius 2 is 2.28 bits per heavy atom. The van der Waals surface area contributed by atoms with Crippen molar-refractivity contribution in [1.29, 1.82) is 0 Å². The molecule has 6 nitrogen and oxygen atoms in total. The summed E-state index contributed by atoms with van der Waals surface area (Å²) in [6.45, 7) is 2.46. The maximum absolute atomic E-state index is 11.6. The molecular formula is C11H22N2O4S. The van der Waals surface area contributed by atoms with E-state index in [1.54, 1.807) is 0 Å². The van der Waals surface area contributed by atoms with Gasteiger partial charge >= 0.3 is 5.97 Å². The van der Waals surface area contributed by atoms with Crippen molar-refractivity contribution in [2.45, 2.75) is 25.7 Å². The van der Waals surface area contributed by atoms with E-state index in [0.717, 1.165) is 32.4 Å². The lowest BCUT2D eigenvalue weighted by Gasteiger charge is -2.22. The topological polar surface area (TPSA) is 84.5 Å². The highest BCUT2D eigenvalue weighted by Gasteiger charge is 2.16. The Balaban J connectivity index is 2.18. The lowest BCUT2D eigenvalue weighted by atomic mass is 9.96. The molecule has 0 bridgehead atoms. The third-order valence-corrected chi connectivity index (χ3v) is 4.46. The zero-order chi connectivity index (χ0) is 13.4. The minimum absolute atomic E-state index is 0.100. The molecule has 106 valence electrons. The van der Waals surface area contributed by atoms with Gasteiger partial charge in [0.2, 0.25) is 10.0 Å². The number of esters is 1. The number of hydrogen-bond donors (Lipinski definition) is 2. The summed E-state index contributed by atoms with van der Waals surface area (Å²) >= 11 is 0. The van der Waals surface area contributed by atoms with Crippen LogP contribution in [0.4, 0.5) is 0 Å². The van der Waals surface area contributed by atoms with Crippen LogP contribution in [-0.2, 0) is 19.6 Å². The highest BCUT2D eigenvalue weighted by molar-refractivity contribution is 7.89. The second-order valence-corrected chi connectivity index (χ2v) is 6.47. The van der Waals surface area contributed by atoms with Crippen molar-refractivity contribution in [3.8, 4) is 0 Å². The van der Waals surface area contributed by atoms with Gasteiger partial charge in [0, 0.05) is 6.54 Å². The van der Waals surface area contributed by atoms with Crippen LogP contribution in [0.15, 0.2) is 0 Å². The minimum atomic E-state index is -3.36. The molecule has 0 aromatic carbocycles. The zero-order valence-corrected chi connectivity index (χ0v) is 11.6. The average molecular weight is 278 g/mol. The van der Waals surface area contributed by atoms with E-state index in [2.05, 4.69) is 14.8 Å². The van der Waals surface area contributed by atoms with Crippen LogP contribution in [0, 0.1) is 5.92 Å². The largest absolute Gasteiger partial charge is 0.469 e. The summed E-state index contributed by atoms with van der Waals surface area (Å²) in [7, 11) is -2.11. The molecule has 1 heterocycles. The summed E-state index contributed by atoms with van der Waals surface area (Å²) in [5.74, 6) is -0.165. The van der Waals surface area contributed by atoms with Crippen molar-refractivity contribution in [3.05, 3.63) is 0 Å². The van der Waals surface area contributed by atoms with E-state index in [-0.39, 0.29) is 12.2 Å². The van der Waals surface area contributed by atoms with Crippen LogP contribution < -0.4 is 10.0 Å². The Bertz CT molecular complexity index is 350. The molecule has 18 heavy (non-hydrogen) atoms. The Morgan fingerprint density at radius 1 is 1.50 bits per heavy atom. The van der Waals surface area contributed by atoms with Crippen LogP contribution >= 0.6 is 0 Å². The number of carbonyl (C=O) groups excluding carboxylic acids is 1. The van der Waals surface area contributed by atoms with Crippen molar-refractivity contribution >= 4 is 16.0 Å². The first kappa shape index (κ1) is 15.4. The maximum atomic E-state index is 11.6. The Labute approximate surface area is 109 Å². The third-order valence-electron chi connectivity index (χ3n) is 3.08. The number of sulfonamides is 1. The summed E-state index contributed by atoms with van der Waals surface area (Å²) in [6.07, 6.45) is 3.04. The molecular weight excluding hydrogens is 256 g/mol. The zero-order valence-electron chi connectivity index (χ0n) is 10.8. The molecule has 2 N–H and O–H groups in total. The fraction of sp³-hybridized carbons (Fsp3) is 0.909. The van der Waals surface area contributed by atoms with Crippen LogP contribution in [0.1, 0.15) is 25.7 Å². The molecule has 1 aliphatic rings. The van der Waals surface area contributed by atoms with Crippen molar-refractivity contribution in [1.82, 2.24) is 10.0 Å². The van der Waals surface area contributed by atoms with Crippen molar-refractivity contribution in [2.24, 2.45) is 5.92 Å². The Morgan fingerprint density at radius 3 is 2.89 bits per heavy atom. The maximum Gasteiger partial charge on any atom is 0.306 e. The molecule has 0 amide bonds. The van der Waals surface area contributed by atoms with E-state index in [0.29, 0.717) is 12.5 Å². The number of ether oxygens (including phenoxy) is 1. The highest BCUT2D eigenvalue weighted by atomic mass is 32.2. The minimum Gasteiger partial charge on any atom is -0.469 e. The van der Waals surface area contributed by atoms with E-state index in [1.165, 1.54) is 7.11 Å². The van der Waals surface area contributed by atoms with E-state index < -0.39 is 16.0 Å². The quantitative estimate of drug-likeness (QED) is 0.633. The number of hydrogen-bond acceptors (Lipinski definition) is 5. The fourth-order valence-electron chi connectivity index (χ4n) is 1.98. The van der Waals surface area contributed by atoms with Gasteiger partial charge in [-0.1, -0.05) is 0 Å². The van der Waals surface area contributed by atoms with Gasteiger partial charge < -0.3 is 10.1 Å². The van der Waals surface area contributed by atoms with Gasteiger partial charge in [0.1, 0.15) is 0 Å². The molecule has 1 aliphatic heterocycles. The van der Waals surface area contributed by atoms with Crippen LogP contribution in [-0.4, -0.2) is 46.9 Å². The lowest BCUT2D eigenvalue weighted by molar-refractivity contribution is -0.140. The molecule has 0 aromatic rings. The molecule has 0 aromatic heterocycles. The van der Waals surface area contributed by atoms with Crippen LogP contribution in [0.3, 0.4) is 0 Å². The SMILES string of the molecule is COC(=O)CCS(=O)(=O)NCCC1CCCNC1. The summed E-state index contributed by atoms with van der Waals surface area (Å²) in [5, 5.41) is 3.29. The third kappa shape index (κ3) is 6.32. The molecule has 1 fully saturated rings. The van der Waals surface area contributed by atoms with Crippen molar-refractivity contribution < 1.29 is 17.9 Å². The number of nitrogens with one attached hydrogen (secondary N) is 2. The van der Waals surface area contributed by atoms with E-state index in [1.807, 2.05) is 0 Å². The molecule has 7 heteroatoms. The highest BCUT2D eigenvalue weighted by Crippen LogP contribution is 2.13. The lowest BCUT2D eigenvalue weighted by Crippen LogP contribution is -2.34. The summed E-state index contributed by atoms with van der Waals surface area (Å²) in [6, 6.07) is 0. The number of rotatable bonds is 7. The summed E-state index contributed by atoms with van der Waals surface area (Å²) < 4.78 is 30.0. The predicted molar refractivity (Wildman–Crippen MR) is 68.6 cm³/mol. The molecule has 1 unspecified atom stereocenters. The number of carbonyl (C=O) groups is 1. The van der Waals surface area contributed by atoms with Gasteiger partial charge in [0.15, 0.2) is 0 Å². The standard InChI is InChI=1S/C11H22N2O4S/c1-17-11(14)5-8-18(15,16)13-7-4-10-3-2-6-12-9-10/h10,12-13H,2-9H2,1H3. The first-order valence-electron chi connectivity index (χ1n) is 6.28. The van der Waals surface area contributed by atoms with Gasteiger partial charge in [-0.3, -0.25) is 4.79 Å². The normalized spacial score (nSPS) is 20.6. The van der Waals surface area contributed by atoms with Crippen LogP contribution in [0.25, 0.3) is 0 Å². The Hall–Kier alpha value is -0.660. The van der Waals surface area contributed by atoms with Crippen LogP contribution in [0.5, 0.6) is 0 Å². The first-order valence-corrected chi connectivity index (χ1v) is 7.93. The van der Waals surface area contributed by atoms with Crippen molar-refractivity contribution in [2.75, 3.05) is 32.5 Å². The number of methoxy groups -OCH3 is 1. The molecule has 0 radical (unpaired) electrons. The molecule has 0 saturated carbocycles. The molecule has 1 atom stereocenters. The summed E-state index contributed by atoms with van der Waals surface area (Å²) in [4.78, 5) is 10.9. The fourth-order valence-corrected chi connectivity index (χ4v) is 2.99. The van der Waals surface area contributed by atoms with E-state index in [9.17, 15) is 13.2 Å². The van der Waals surface area contributed by atoms with Gasteiger partial charge in [-0.2, -0.15) is 0 Å². The van der Waals surface area contributed by atoms with Gasteiger partial charge in [0.05, 0.1) is 19.3 Å². The first-order chi connectivity index (χ1) is 8.53. The average Bonchev–Trinajstić information content (AvgIpc) is 2.37. The van der Waals surface area contributed by atoms with E-state index >= 15 is 0 Å². The molecule has 0 spiro atoms. The second kappa shape index (κ2) is 7.70. The van der Waals surface area contributed by atoms with E-state index in [4.69, 9.17) is 0 Å². The van der Waals surface area contributed by atoms with Gasteiger partial charge in [-0.05, 0) is 38.3 Å². The van der Waals surface area contributed by atoms with Gasteiger partial charge in [0.25, 0.3) is 0 Å². The molecule has 1 saturated heterocycles. The van der Waals surface area contributed by atoms with Crippen molar-refractivity contribution in [3.63, 3.8) is 0 Å². The molecule has 1 rings (SSSR count). The molecule has 0 aliphatic carbocycles. The van der Waals surface area contributed by atoms with Gasteiger partial charge in [-0.25, -0.2) is 13.1 Å². The predicted octanol–water partition coefficient (Wildman–Crippen LogP) is -0.141. The Kier molecular flexibility index (Phi) is 6.59. The number of piperidine rings is 1. The van der Waals surface area contributed by atoms with Crippen LogP contribution in [0.2, 0.25) is 0 Å². The summed E-state index contributed by atoms with van der Waals surface area (Å²) in [5.41, 5.74) is 0.